The zero-order valence-corrected chi connectivity index (χ0v) is 10.1. The topological polar surface area (TPSA) is 47.3 Å². The van der Waals surface area contributed by atoms with Gasteiger partial charge in [-0.3, -0.25) is 0 Å². The Morgan fingerprint density at radius 1 is 1.41 bits per heavy atom. The van der Waals surface area contributed by atoms with Gasteiger partial charge in [0.1, 0.15) is 0 Å². The summed E-state index contributed by atoms with van der Waals surface area (Å²) in [5.74, 6) is 0.672. The van der Waals surface area contributed by atoms with E-state index in [0.717, 1.165) is 26.3 Å². The van der Waals surface area contributed by atoms with Gasteiger partial charge in [0, 0.05) is 13.1 Å². The van der Waals surface area contributed by atoms with E-state index in [4.69, 9.17) is 10.5 Å². The van der Waals surface area contributed by atoms with Crippen LogP contribution in [0.4, 0.5) is 0 Å². The molecule has 1 aromatic carbocycles. The van der Waals surface area contributed by atoms with Crippen molar-refractivity contribution in [1.82, 2.24) is 5.32 Å². The van der Waals surface area contributed by atoms with E-state index in [1.165, 1.54) is 17.5 Å². The molecule has 1 unspecified atom stereocenters. The Labute approximate surface area is 102 Å². The van der Waals surface area contributed by atoms with E-state index < -0.39 is 0 Å². The van der Waals surface area contributed by atoms with E-state index in [0.29, 0.717) is 12.5 Å². The van der Waals surface area contributed by atoms with Gasteiger partial charge in [-0.05, 0) is 30.0 Å². The molecule has 0 radical (unpaired) electrons. The van der Waals surface area contributed by atoms with Crippen LogP contribution in [0.3, 0.4) is 0 Å². The number of benzene rings is 1. The first-order chi connectivity index (χ1) is 8.34. The lowest BCUT2D eigenvalue weighted by Gasteiger charge is -2.41. The average molecular weight is 232 g/mol. The summed E-state index contributed by atoms with van der Waals surface area (Å²) in [6.07, 6.45) is 1.25. The first-order valence-corrected chi connectivity index (χ1v) is 6.43. The third-order valence-electron chi connectivity index (χ3n) is 4.18. The fourth-order valence-corrected chi connectivity index (χ4v) is 2.81. The lowest BCUT2D eigenvalue weighted by Crippen LogP contribution is -2.52. The van der Waals surface area contributed by atoms with Gasteiger partial charge >= 0.3 is 0 Å². The van der Waals surface area contributed by atoms with Crippen molar-refractivity contribution in [1.29, 1.82) is 0 Å². The molecule has 3 heteroatoms. The zero-order valence-electron chi connectivity index (χ0n) is 10.1. The maximum atomic E-state index is 5.91. The molecule has 0 aliphatic carbocycles. The molecule has 3 rings (SSSR count). The molecule has 1 aromatic rings. The van der Waals surface area contributed by atoms with Crippen molar-refractivity contribution < 1.29 is 4.74 Å². The van der Waals surface area contributed by atoms with Crippen LogP contribution in [0.5, 0.6) is 0 Å². The molecule has 2 aliphatic rings. The second kappa shape index (κ2) is 4.41. The number of nitrogens with one attached hydrogen (secondary N) is 1. The van der Waals surface area contributed by atoms with Crippen LogP contribution in [0.15, 0.2) is 24.3 Å². The maximum absolute atomic E-state index is 5.91. The standard InChI is InChI=1S/C14H20N2O/c15-8-14(9-17-10-14)13-3-1-2-11(6-13)12-4-5-16-7-12/h1-3,6,12,16H,4-5,7-10,15H2. The Balaban J connectivity index is 1.88. The summed E-state index contributed by atoms with van der Waals surface area (Å²) in [6.45, 7) is 4.47. The van der Waals surface area contributed by atoms with Crippen LogP contribution in [0.1, 0.15) is 23.5 Å². The Bertz CT molecular complexity index is 389. The summed E-state index contributed by atoms with van der Waals surface area (Å²) in [5, 5.41) is 3.42. The summed E-state index contributed by atoms with van der Waals surface area (Å²) in [7, 11) is 0. The Kier molecular flexibility index (Phi) is 2.90. The summed E-state index contributed by atoms with van der Waals surface area (Å²) >= 11 is 0. The first kappa shape index (κ1) is 11.2. The van der Waals surface area contributed by atoms with Gasteiger partial charge < -0.3 is 15.8 Å². The summed E-state index contributed by atoms with van der Waals surface area (Å²) in [4.78, 5) is 0. The predicted octanol–water partition coefficient (Wildman–Crippen LogP) is 0.990. The molecule has 0 bridgehead atoms. The fraction of sp³-hybridized carbons (Fsp3) is 0.571. The van der Waals surface area contributed by atoms with Crippen LogP contribution < -0.4 is 11.1 Å². The highest BCUT2D eigenvalue weighted by Gasteiger charge is 2.39. The van der Waals surface area contributed by atoms with Crippen LogP contribution in [-0.2, 0) is 10.2 Å². The molecule has 1 atom stereocenters. The Morgan fingerprint density at radius 3 is 2.88 bits per heavy atom. The summed E-state index contributed by atoms with van der Waals surface area (Å²) in [6, 6.07) is 8.94. The number of rotatable bonds is 3. The number of hydrogen-bond donors (Lipinski definition) is 2. The second-order valence-electron chi connectivity index (χ2n) is 5.29. The number of hydrogen-bond acceptors (Lipinski definition) is 3. The van der Waals surface area contributed by atoms with Gasteiger partial charge in [-0.25, -0.2) is 0 Å². The zero-order chi connectivity index (χ0) is 11.7. The molecular weight excluding hydrogens is 212 g/mol. The van der Waals surface area contributed by atoms with Crippen molar-refractivity contribution >= 4 is 0 Å². The van der Waals surface area contributed by atoms with Gasteiger partial charge in [-0.2, -0.15) is 0 Å². The fourth-order valence-electron chi connectivity index (χ4n) is 2.81. The first-order valence-electron chi connectivity index (χ1n) is 6.43. The van der Waals surface area contributed by atoms with E-state index in [2.05, 4.69) is 29.6 Å². The molecule has 0 saturated carbocycles. The quantitative estimate of drug-likeness (QED) is 0.817. The summed E-state index contributed by atoms with van der Waals surface area (Å²) in [5.41, 5.74) is 8.81. The van der Waals surface area contributed by atoms with Crippen molar-refractivity contribution in [2.75, 3.05) is 32.8 Å². The molecule has 3 N–H and O–H groups in total. The lowest BCUT2D eigenvalue weighted by atomic mass is 9.77. The van der Waals surface area contributed by atoms with Crippen LogP contribution in [-0.4, -0.2) is 32.8 Å². The van der Waals surface area contributed by atoms with E-state index in [9.17, 15) is 0 Å². The number of nitrogens with two attached hydrogens (primary N) is 1. The Morgan fingerprint density at radius 2 is 2.29 bits per heavy atom. The van der Waals surface area contributed by atoms with Gasteiger partial charge in [0.25, 0.3) is 0 Å². The highest BCUT2D eigenvalue weighted by atomic mass is 16.5. The molecule has 0 aromatic heterocycles. The van der Waals surface area contributed by atoms with E-state index in [1.807, 2.05) is 0 Å². The van der Waals surface area contributed by atoms with Crippen molar-refractivity contribution in [3.8, 4) is 0 Å². The molecule has 92 valence electrons. The molecule has 0 spiro atoms. The van der Waals surface area contributed by atoms with E-state index >= 15 is 0 Å². The largest absolute Gasteiger partial charge is 0.379 e. The third kappa shape index (κ3) is 1.88. The molecular formula is C14H20N2O. The van der Waals surface area contributed by atoms with Crippen molar-refractivity contribution in [3.63, 3.8) is 0 Å². The van der Waals surface area contributed by atoms with E-state index in [-0.39, 0.29) is 5.41 Å². The predicted molar refractivity (Wildman–Crippen MR) is 68.2 cm³/mol. The SMILES string of the molecule is NCC1(c2cccc(C3CCNC3)c2)COC1. The van der Waals surface area contributed by atoms with Crippen molar-refractivity contribution in [3.05, 3.63) is 35.4 Å². The molecule has 17 heavy (non-hydrogen) atoms. The molecule has 2 saturated heterocycles. The van der Waals surface area contributed by atoms with Gasteiger partial charge in [-0.15, -0.1) is 0 Å². The normalized spacial score (nSPS) is 26.8. The smallest absolute Gasteiger partial charge is 0.0597 e. The molecule has 3 nitrogen and oxygen atoms in total. The van der Waals surface area contributed by atoms with Crippen LogP contribution in [0.25, 0.3) is 0 Å². The Hall–Kier alpha value is -0.900. The summed E-state index contributed by atoms with van der Waals surface area (Å²) < 4.78 is 5.36. The molecule has 2 fully saturated rings. The molecule has 0 amide bonds. The minimum Gasteiger partial charge on any atom is -0.379 e. The van der Waals surface area contributed by atoms with Crippen LogP contribution >= 0.6 is 0 Å². The monoisotopic (exact) mass is 232 g/mol. The second-order valence-corrected chi connectivity index (χ2v) is 5.29. The third-order valence-corrected chi connectivity index (χ3v) is 4.18. The molecule has 2 aliphatic heterocycles. The van der Waals surface area contributed by atoms with Gasteiger partial charge in [0.2, 0.25) is 0 Å². The minimum absolute atomic E-state index is 0.0854. The van der Waals surface area contributed by atoms with Crippen LogP contribution in [0, 0.1) is 0 Å². The molecule has 2 heterocycles. The highest BCUT2D eigenvalue weighted by Crippen LogP contribution is 2.33. The van der Waals surface area contributed by atoms with E-state index in [1.54, 1.807) is 0 Å². The highest BCUT2D eigenvalue weighted by molar-refractivity contribution is 5.34. The van der Waals surface area contributed by atoms with Crippen molar-refractivity contribution in [2.45, 2.75) is 17.8 Å². The lowest BCUT2D eigenvalue weighted by molar-refractivity contribution is -0.0550. The van der Waals surface area contributed by atoms with Crippen molar-refractivity contribution in [2.24, 2.45) is 5.73 Å². The van der Waals surface area contributed by atoms with Gasteiger partial charge in [0.15, 0.2) is 0 Å². The minimum atomic E-state index is 0.0854. The number of ether oxygens (including phenoxy) is 1. The average Bonchev–Trinajstić information content (AvgIpc) is 2.82. The maximum Gasteiger partial charge on any atom is 0.0597 e. The van der Waals surface area contributed by atoms with Gasteiger partial charge in [-0.1, -0.05) is 24.3 Å². The van der Waals surface area contributed by atoms with Crippen LogP contribution in [0.2, 0.25) is 0 Å². The van der Waals surface area contributed by atoms with Gasteiger partial charge in [0.05, 0.1) is 18.6 Å².